The average molecular weight is 480 g/mol. The lowest BCUT2D eigenvalue weighted by atomic mass is 9.69. The van der Waals surface area contributed by atoms with Crippen LogP contribution in [0, 0.1) is 28.1 Å². The van der Waals surface area contributed by atoms with Gasteiger partial charge in [-0.25, -0.2) is 0 Å². The number of fused-ring (bicyclic) bond motifs is 3. The standard InChI is InChI=1S/C27H18BrN3O/c28-21-13-10-19(11-14-21)24-25(26(32)20-7-2-1-3-8-20)31-22-9-5-4-6-18(22)12-15-23(31)27(24,16-29)17-30/h1-15,23-25H/t23-,24-,25+/m0/s1. The summed E-state index contributed by atoms with van der Waals surface area (Å²) in [5.41, 5.74) is 1.77. The molecule has 0 saturated carbocycles. The van der Waals surface area contributed by atoms with E-state index in [1.54, 1.807) is 12.1 Å². The Balaban J connectivity index is 1.79. The fraction of sp³-hybridized carbons (Fsp3) is 0.148. The first-order chi connectivity index (χ1) is 15.6. The number of carbonyl (C=O) groups excluding carboxylic acids is 1. The molecule has 4 nitrogen and oxygen atoms in total. The van der Waals surface area contributed by atoms with E-state index < -0.39 is 23.4 Å². The number of benzene rings is 3. The molecule has 3 aromatic carbocycles. The van der Waals surface area contributed by atoms with Crippen LogP contribution >= 0.6 is 15.9 Å². The summed E-state index contributed by atoms with van der Waals surface area (Å²) in [4.78, 5) is 16.0. The van der Waals surface area contributed by atoms with Crippen molar-refractivity contribution in [2.45, 2.75) is 18.0 Å². The Hall–Kier alpha value is -3.67. The third kappa shape index (κ3) is 2.90. The van der Waals surface area contributed by atoms with Crippen LogP contribution in [0.5, 0.6) is 0 Å². The van der Waals surface area contributed by atoms with Gasteiger partial charge in [-0.2, -0.15) is 10.5 Å². The largest absolute Gasteiger partial charge is 0.351 e. The van der Waals surface area contributed by atoms with Gasteiger partial charge in [0.05, 0.1) is 18.2 Å². The van der Waals surface area contributed by atoms with E-state index in [-0.39, 0.29) is 5.78 Å². The first kappa shape index (κ1) is 20.2. The van der Waals surface area contributed by atoms with E-state index in [0.29, 0.717) is 5.56 Å². The zero-order valence-corrected chi connectivity index (χ0v) is 18.6. The summed E-state index contributed by atoms with van der Waals surface area (Å²) in [6.45, 7) is 0. The molecule has 2 heterocycles. The second kappa shape index (κ2) is 7.79. The summed E-state index contributed by atoms with van der Waals surface area (Å²) >= 11 is 3.46. The summed E-state index contributed by atoms with van der Waals surface area (Å²) in [5, 5.41) is 20.8. The third-order valence-corrected chi connectivity index (χ3v) is 7.00. The van der Waals surface area contributed by atoms with Crippen molar-refractivity contribution in [3.63, 3.8) is 0 Å². The Labute approximate surface area is 195 Å². The molecule has 2 aliphatic rings. The van der Waals surface area contributed by atoms with Crippen molar-refractivity contribution in [1.29, 1.82) is 10.5 Å². The van der Waals surface area contributed by atoms with Crippen LogP contribution in [0.3, 0.4) is 0 Å². The van der Waals surface area contributed by atoms with E-state index in [9.17, 15) is 15.3 Å². The molecule has 2 aliphatic heterocycles. The Morgan fingerprint density at radius 2 is 1.56 bits per heavy atom. The van der Waals surface area contributed by atoms with Crippen LogP contribution in [0.2, 0.25) is 0 Å². The predicted molar refractivity (Wildman–Crippen MR) is 127 cm³/mol. The minimum absolute atomic E-state index is 0.0963. The van der Waals surface area contributed by atoms with Crippen molar-refractivity contribution in [1.82, 2.24) is 0 Å². The second-order valence-electron chi connectivity index (χ2n) is 8.07. The molecule has 1 fully saturated rings. The van der Waals surface area contributed by atoms with E-state index in [2.05, 4.69) is 28.1 Å². The van der Waals surface area contributed by atoms with Gasteiger partial charge in [-0.1, -0.05) is 88.7 Å². The molecule has 3 aromatic rings. The molecule has 0 amide bonds. The summed E-state index contributed by atoms with van der Waals surface area (Å²) in [6.07, 6.45) is 3.85. The molecule has 32 heavy (non-hydrogen) atoms. The highest BCUT2D eigenvalue weighted by atomic mass is 79.9. The Kier molecular flexibility index (Phi) is 4.93. The number of hydrogen-bond donors (Lipinski definition) is 0. The number of hydrogen-bond acceptors (Lipinski definition) is 4. The summed E-state index contributed by atoms with van der Waals surface area (Å²) in [5.74, 6) is -0.722. The first-order valence-electron chi connectivity index (χ1n) is 10.3. The fourth-order valence-corrected chi connectivity index (χ4v) is 5.32. The van der Waals surface area contributed by atoms with Crippen LogP contribution in [-0.4, -0.2) is 17.9 Å². The van der Waals surface area contributed by atoms with Crippen molar-refractivity contribution in [2.24, 2.45) is 5.41 Å². The predicted octanol–water partition coefficient (Wildman–Crippen LogP) is 5.73. The van der Waals surface area contributed by atoms with E-state index in [4.69, 9.17) is 0 Å². The molecule has 0 N–H and O–H groups in total. The summed E-state index contributed by atoms with van der Waals surface area (Å²) < 4.78 is 0.896. The highest BCUT2D eigenvalue weighted by Gasteiger charge is 2.63. The zero-order chi connectivity index (χ0) is 22.3. The quantitative estimate of drug-likeness (QED) is 0.449. The van der Waals surface area contributed by atoms with E-state index in [1.165, 1.54) is 0 Å². The van der Waals surface area contributed by atoms with Crippen molar-refractivity contribution >= 4 is 33.5 Å². The Morgan fingerprint density at radius 1 is 0.906 bits per heavy atom. The number of rotatable bonds is 3. The molecule has 0 aliphatic carbocycles. The SMILES string of the molecule is N#CC1(C#N)[C@@H]2C=Cc3ccccc3N2[C@@H](C(=O)c2ccccc2)[C@@H]1c1ccc(Br)cc1. The summed E-state index contributed by atoms with van der Waals surface area (Å²) in [6, 6.07) is 27.9. The van der Waals surface area contributed by atoms with Crippen LogP contribution in [-0.2, 0) is 0 Å². The van der Waals surface area contributed by atoms with E-state index in [1.807, 2.05) is 83.8 Å². The lowest BCUT2D eigenvalue weighted by molar-refractivity contribution is 0.0951. The number of para-hydroxylation sites is 1. The molecule has 0 aromatic heterocycles. The molecular weight excluding hydrogens is 462 g/mol. The number of ketones is 1. The molecule has 1 saturated heterocycles. The van der Waals surface area contributed by atoms with Gasteiger partial charge in [0.15, 0.2) is 11.2 Å². The van der Waals surface area contributed by atoms with Crippen LogP contribution in [0.25, 0.3) is 6.08 Å². The second-order valence-corrected chi connectivity index (χ2v) is 8.98. The molecular formula is C27H18BrN3O. The van der Waals surface area contributed by atoms with E-state index in [0.717, 1.165) is 21.3 Å². The number of nitrogens with zero attached hydrogens (tertiary/aromatic N) is 3. The number of anilines is 1. The summed E-state index contributed by atoms with van der Waals surface area (Å²) in [7, 11) is 0. The molecule has 5 rings (SSSR count). The van der Waals surface area contributed by atoms with Crippen LogP contribution in [0.4, 0.5) is 5.69 Å². The number of Topliss-reactive ketones (excluding diaryl/α,β-unsaturated/α-hetero) is 1. The molecule has 5 heteroatoms. The van der Waals surface area contributed by atoms with Gasteiger partial charge in [0.25, 0.3) is 0 Å². The van der Waals surface area contributed by atoms with Crippen LogP contribution in [0.1, 0.15) is 27.4 Å². The minimum Gasteiger partial charge on any atom is -0.351 e. The van der Waals surface area contributed by atoms with Gasteiger partial charge in [-0.05, 0) is 29.3 Å². The maximum Gasteiger partial charge on any atom is 0.185 e. The normalized spacial score (nSPS) is 22.3. The number of nitriles is 2. The van der Waals surface area contributed by atoms with Gasteiger partial charge >= 0.3 is 0 Å². The molecule has 0 radical (unpaired) electrons. The molecule has 0 bridgehead atoms. The van der Waals surface area contributed by atoms with Gasteiger partial charge in [-0.15, -0.1) is 0 Å². The fourth-order valence-electron chi connectivity index (χ4n) is 5.05. The van der Waals surface area contributed by atoms with Crippen molar-refractivity contribution in [3.8, 4) is 12.1 Å². The Bertz CT molecular complexity index is 1290. The molecule has 3 atom stereocenters. The maximum absolute atomic E-state index is 14.0. The van der Waals surface area contributed by atoms with Crippen LogP contribution in [0.15, 0.2) is 89.4 Å². The monoisotopic (exact) mass is 479 g/mol. The highest BCUT2D eigenvalue weighted by molar-refractivity contribution is 9.10. The van der Waals surface area contributed by atoms with Gasteiger partial charge in [0.2, 0.25) is 0 Å². The zero-order valence-electron chi connectivity index (χ0n) is 17.0. The number of carbonyl (C=O) groups is 1. The molecule has 154 valence electrons. The van der Waals surface area contributed by atoms with Gasteiger partial charge in [-0.3, -0.25) is 4.79 Å². The van der Waals surface area contributed by atoms with Gasteiger partial charge in [0.1, 0.15) is 6.04 Å². The maximum atomic E-state index is 14.0. The molecule has 0 spiro atoms. The van der Waals surface area contributed by atoms with Gasteiger partial charge < -0.3 is 4.90 Å². The lowest BCUT2D eigenvalue weighted by Crippen LogP contribution is -2.44. The lowest BCUT2D eigenvalue weighted by Gasteiger charge is -2.35. The van der Waals surface area contributed by atoms with E-state index >= 15 is 0 Å². The third-order valence-electron chi connectivity index (χ3n) is 6.47. The van der Waals surface area contributed by atoms with Crippen LogP contribution < -0.4 is 4.90 Å². The average Bonchev–Trinajstić information content (AvgIpc) is 3.15. The van der Waals surface area contributed by atoms with Crippen molar-refractivity contribution in [2.75, 3.05) is 4.90 Å². The first-order valence-corrected chi connectivity index (χ1v) is 11.1. The van der Waals surface area contributed by atoms with Gasteiger partial charge in [0, 0.05) is 21.6 Å². The smallest absolute Gasteiger partial charge is 0.185 e. The highest BCUT2D eigenvalue weighted by Crippen LogP contribution is 2.55. The number of halogens is 1. The minimum atomic E-state index is -1.42. The topological polar surface area (TPSA) is 67.9 Å². The van der Waals surface area contributed by atoms with Crippen molar-refractivity contribution in [3.05, 3.63) is 106 Å². The molecule has 0 unspecified atom stereocenters. The van der Waals surface area contributed by atoms with Crippen molar-refractivity contribution < 1.29 is 4.79 Å². The Morgan fingerprint density at radius 3 is 2.25 bits per heavy atom.